The van der Waals surface area contributed by atoms with Gasteiger partial charge in [-0.05, 0) is 19.3 Å². The normalized spacial score (nSPS) is 26.0. The summed E-state index contributed by atoms with van der Waals surface area (Å²) in [4.78, 5) is 35.5. The van der Waals surface area contributed by atoms with E-state index < -0.39 is 48.1 Å². The molecule has 1 saturated carbocycles. The first-order chi connectivity index (χ1) is 13.0. The minimum atomic E-state index is -5.21. The molecule has 7 nitrogen and oxygen atoms in total. The van der Waals surface area contributed by atoms with E-state index in [-0.39, 0.29) is 24.9 Å². The van der Waals surface area contributed by atoms with Gasteiger partial charge in [0.1, 0.15) is 6.10 Å². The number of alkyl halides is 3. The minimum absolute atomic E-state index is 0.00443. The third kappa shape index (κ3) is 5.83. The predicted octanol–water partition coefficient (Wildman–Crippen LogP) is 1.93. The van der Waals surface area contributed by atoms with Gasteiger partial charge in [0.2, 0.25) is 5.91 Å². The van der Waals surface area contributed by atoms with Gasteiger partial charge in [0.25, 0.3) is 0 Å². The summed E-state index contributed by atoms with van der Waals surface area (Å²) >= 11 is 0. The Hall–Kier alpha value is -1.84. The van der Waals surface area contributed by atoms with Crippen LogP contribution in [0.15, 0.2) is 0 Å². The van der Waals surface area contributed by atoms with Crippen LogP contribution in [0.1, 0.15) is 47.0 Å². The van der Waals surface area contributed by atoms with Crippen LogP contribution in [0.4, 0.5) is 13.2 Å². The molecule has 1 fully saturated rings. The Balaban J connectivity index is 3.32. The SMILES string of the molecule is CCOC(=O)[C@@H]1C[C@H](N)[C@@H]([C@H](NC(C)=O)C(CC)CC)[C@H]1OC(=O)C(F)(F)F. The van der Waals surface area contributed by atoms with Crippen molar-refractivity contribution in [3.63, 3.8) is 0 Å². The van der Waals surface area contributed by atoms with E-state index >= 15 is 0 Å². The van der Waals surface area contributed by atoms with Crippen molar-refractivity contribution < 1.29 is 37.0 Å². The van der Waals surface area contributed by atoms with Crippen molar-refractivity contribution in [1.82, 2.24) is 5.32 Å². The lowest BCUT2D eigenvalue weighted by molar-refractivity contribution is -0.210. The highest BCUT2D eigenvalue weighted by Crippen LogP contribution is 2.40. The van der Waals surface area contributed by atoms with Crippen LogP contribution in [0.25, 0.3) is 0 Å². The molecule has 5 atom stereocenters. The number of ether oxygens (including phenoxy) is 2. The molecular weight excluding hydrogens is 381 g/mol. The first-order valence-electron chi connectivity index (χ1n) is 9.44. The predicted molar refractivity (Wildman–Crippen MR) is 93.8 cm³/mol. The van der Waals surface area contributed by atoms with Gasteiger partial charge in [0.15, 0.2) is 0 Å². The minimum Gasteiger partial charge on any atom is -0.466 e. The fourth-order valence-electron chi connectivity index (χ4n) is 3.96. The lowest BCUT2D eigenvalue weighted by atomic mass is 9.80. The highest BCUT2D eigenvalue weighted by molar-refractivity contribution is 5.78. The Bertz CT molecular complexity index is 566. The molecular formula is C18H29F3N2O5. The molecule has 0 aromatic heterocycles. The maximum atomic E-state index is 12.8. The smallest absolute Gasteiger partial charge is 0.466 e. The molecule has 0 radical (unpaired) electrons. The third-order valence-electron chi connectivity index (χ3n) is 5.20. The fraction of sp³-hybridized carbons (Fsp3) is 0.833. The van der Waals surface area contributed by atoms with E-state index in [0.29, 0.717) is 12.8 Å². The molecule has 0 spiro atoms. The highest BCUT2D eigenvalue weighted by atomic mass is 19.4. The standard InChI is InChI=1S/C18H29F3N2O5/c1-5-10(6-2)14(23-9(4)24)13-12(22)8-11(16(25)27-7-3)15(13)28-17(26)18(19,20)21/h10-15H,5-8,22H2,1-4H3,(H,23,24)/t11-,12+,13+,14-,15+/m1/s1. The molecule has 0 unspecified atom stereocenters. The number of halogens is 3. The Morgan fingerprint density at radius 2 is 1.75 bits per heavy atom. The molecule has 1 aliphatic carbocycles. The van der Waals surface area contributed by atoms with Crippen LogP contribution >= 0.6 is 0 Å². The number of nitrogens with two attached hydrogens (primary N) is 1. The lowest BCUT2D eigenvalue weighted by Gasteiger charge is -2.36. The zero-order valence-corrected chi connectivity index (χ0v) is 16.5. The summed E-state index contributed by atoms with van der Waals surface area (Å²) in [5.74, 6) is -5.65. The molecule has 162 valence electrons. The van der Waals surface area contributed by atoms with Crippen molar-refractivity contribution in [2.45, 2.75) is 71.3 Å². The number of esters is 2. The highest BCUT2D eigenvalue weighted by Gasteiger charge is 2.55. The second-order valence-corrected chi connectivity index (χ2v) is 7.01. The van der Waals surface area contributed by atoms with Crippen molar-refractivity contribution in [3.8, 4) is 0 Å². The van der Waals surface area contributed by atoms with Crippen LogP contribution in [0.3, 0.4) is 0 Å². The summed E-state index contributed by atoms with van der Waals surface area (Å²) in [7, 11) is 0. The average Bonchev–Trinajstić information content (AvgIpc) is 2.90. The molecule has 1 rings (SSSR count). The van der Waals surface area contributed by atoms with Crippen LogP contribution in [0.5, 0.6) is 0 Å². The summed E-state index contributed by atoms with van der Waals surface area (Å²) in [6.07, 6.45) is -5.42. The van der Waals surface area contributed by atoms with E-state index in [9.17, 15) is 27.6 Å². The molecule has 1 amide bonds. The lowest BCUT2D eigenvalue weighted by Crippen LogP contribution is -2.53. The second-order valence-electron chi connectivity index (χ2n) is 7.01. The largest absolute Gasteiger partial charge is 0.490 e. The Labute approximate surface area is 162 Å². The van der Waals surface area contributed by atoms with Crippen LogP contribution < -0.4 is 11.1 Å². The van der Waals surface area contributed by atoms with Crippen LogP contribution in [0.2, 0.25) is 0 Å². The molecule has 0 aromatic carbocycles. The second kappa shape index (κ2) is 10.1. The van der Waals surface area contributed by atoms with E-state index in [1.54, 1.807) is 6.92 Å². The molecule has 3 N–H and O–H groups in total. The number of hydrogen-bond donors (Lipinski definition) is 2. The van der Waals surface area contributed by atoms with Gasteiger partial charge in [-0.15, -0.1) is 0 Å². The molecule has 28 heavy (non-hydrogen) atoms. The van der Waals surface area contributed by atoms with Crippen molar-refractivity contribution in [1.29, 1.82) is 0 Å². The van der Waals surface area contributed by atoms with Gasteiger partial charge in [-0.2, -0.15) is 13.2 Å². The molecule has 1 aliphatic rings. The van der Waals surface area contributed by atoms with Gasteiger partial charge in [-0.3, -0.25) is 9.59 Å². The number of amides is 1. The molecule has 0 heterocycles. The number of nitrogens with one attached hydrogen (secondary N) is 1. The first kappa shape index (κ1) is 24.2. The summed E-state index contributed by atoms with van der Waals surface area (Å²) in [6, 6.07) is -1.40. The van der Waals surface area contributed by atoms with Crippen molar-refractivity contribution >= 4 is 17.8 Å². The molecule has 0 aliphatic heterocycles. The average molecular weight is 410 g/mol. The molecule has 10 heteroatoms. The van der Waals surface area contributed by atoms with E-state index in [2.05, 4.69) is 5.32 Å². The van der Waals surface area contributed by atoms with E-state index in [1.165, 1.54) is 6.92 Å². The van der Waals surface area contributed by atoms with E-state index in [4.69, 9.17) is 15.2 Å². The Kier molecular flexibility index (Phi) is 8.72. The zero-order valence-electron chi connectivity index (χ0n) is 16.5. The summed E-state index contributed by atoms with van der Waals surface area (Å²) in [6.45, 7) is 6.63. The van der Waals surface area contributed by atoms with Crippen molar-refractivity contribution in [2.75, 3.05) is 6.61 Å². The van der Waals surface area contributed by atoms with Gasteiger partial charge in [-0.25, -0.2) is 4.79 Å². The van der Waals surface area contributed by atoms with Crippen LogP contribution in [-0.2, 0) is 23.9 Å². The van der Waals surface area contributed by atoms with Crippen molar-refractivity contribution in [3.05, 3.63) is 0 Å². The van der Waals surface area contributed by atoms with E-state index in [0.717, 1.165) is 0 Å². The number of carbonyl (C=O) groups is 3. The number of carbonyl (C=O) groups excluding carboxylic acids is 3. The molecule has 0 saturated heterocycles. The monoisotopic (exact) mass is 410 g/mol. The molecule has 0 aromatic rings. The third-order valence-corrected chi connectivity index (χ3v) is 5.20. The van der Waals surface area contributed by atoms with Crippen molar-refractivity contribution in [2.24, 2.45) is 23.5 Å². The zero-order chi connectivity index (χ0) is 21.6. The van der Waals surface area contributed by atoms with Crippen LogP contribution in [0, 0.1) is 17.8 Å². The van der Waals surface area contributed by atoms with Gasteiger partial charge in [0, 0.05) is 24.9 Å². The van der Waals surface area contributed by atoms with Gasteiger partial charge < -0.3 is 20.5 Å². The maximum absolute atomic E-state index is 12.8. The van der Waals surface area contributed by atoms with Gasteiger partial charge in [0.05, 0.1) is 12.5 Å². The summed E-state index contributed by atoms with van der Waals surface area (Å²) in [5.41, 5.74) is 6.17. The first-order valence-corrected chi connectivity index (χ1v) is 9.44. The van der Waals surface area contributed by atoms with Crippen LogP contribution in [-0.4, -0.2) is 48.8 Å². The summed E-state index contributed by atoms with van der Waals surface area (Å²) < 4.78 is 48.1. The topological polar surface area (TPSA) is 108 Å². The van der Waals surface area contributed by atoms with E-state index in [1.807, 2.05) is 13.8 Å². The number of hydrogen-bond acceptors (Lipinski definition) is 6. The fourth-order valence-corrected chi connectivity index (χ4v) is 3.96. The Morgan fingerprint density at radius 3 is 2.18 bits per heavy atom. The Morgan fingerprint density at radius 1 is 1.18 bits per heavy atom. The van der Waals surface area contributed by atoms with Gasteiger partial charge >= 0.3 is 18.1 Å². The number of rotatable bonds is 8. The maximum Gasteiger partial charge on any atom is 0.490 e. The van der Waals surface area contributed by atoms with Gasteiger partial charge in [-0.1, -0.05) is 26.7 Å². The quantitative estimate of drug-likeness (QED) is 0.592. The molecule has 0 bridgehead atoms. The summed E-state index contributed by atoms with van der Waals surface area (Å²) in [5, 5.41) is 2.74.